The maximum atomic E-state index is 11.1. The Bertz CT molecular complexity index is 505. The average molecular weight is 228 g/mol. The van der Waals surface area contributed by atoms with Crippen molar-refractivity contribution in [3.8, 4) is 0 Å². The largest absolute Gasteiger partial charge is 0.408 e. The molecule has 2 heterocycles. The van der Waals surface area contributed by atoms with Crippen LogP contribution in [0.3, 0.4) is 0 Å². The fourth-order valence-corrected chi connectivity index (χ4v) is 1.95. The predicted molar refractivity (Wildman–Crippen MR) is 63.1 cm³/mol. The maximum Gasteiger partial charge on any atom is 0.314 e. The molecule has 2 aliphatic rings. The zero-order chi connectivity index (χ0) is 11.7. The SMILES string of the molecule is O=C1CCN2N=C(c3ccccc3)CC=C2O1. The lowest BCUT2D eigenvalue weighted by Gasteiger charge is -2.29. The Morgan fingerprint density at radius 3 is 2.88 bits per heavy atom. The zero-order valence-electron chi connectivity index (χ0n) is 9.30. The molecule has 3 rings (SSSR count). The molecule has 0 N–H and O–H groups in total. The van der Waals surface area contributed by atoms with Crippen molar-refractivity contribution in [1.82, 2.24) is 5.01 Å². The molecule has 1 saturated heterocycles. The molecule has 0 aliphatic carbocycles. The van der Waals surface area contributed by atoms with Gasteiger partial charge in [0.05, 0.1) is 18.7 Å². The molecular weight excluding hydrogens is 216 g/mol. The van der Waals surface area contributed by atoms with Gasteiger partial charge in [0.15, 0.2) is 0 Å². The molecule has 1 fully saturated rings. The first kappa shape index (κ1) is 10.1. The van der Waals surface area contributed by atoms with E-state index in [9.17, 15) is 4.79 Å². The van der Waals surface area contributed by atoms with E-state index in [4.69, 9.17) is 4.74 Å². The lowest BCUT2D eigenvalue weighted by Crippen LogP contribution is -2.33. The summed E-state index contributed by atoms with van der Waals surface area (Å²) in [5, 5.41) is 6.27. The van der Waals surface area contributed by atoms with Crippen LogP contribution < -0.4 is 0 Å². The van der Waals surface area contributed by atoms with Crippen LogP contribution >= 0.6 is 0 Å². The standard InChI is InChI=1S/C13H12N2O2/c16-13-8-9-15-12(17-13)7-6-11(14-15)10-4-2-1-3-5-10/h1-5,7H,6,8-9H2. The first-order valence-corrected chi connectivity index (χ1v) is 5.64. The fourth-order valence-electron chi connectivity index (χ4n) is 1.95. The van der Waals surface area contributed by atoms with Crippen LogP contribution in [0.1, 0.15) is 18.4 Å². The number of esters is 1. The molecule has 1 aromatic carbocycles. The third-order valence-corrected chi connectivity index (χ3v) is 2.82. The van der Waals surface area contributed by atoms with Crippen molar-refractivity contribution in [2.45, 2.75) is 12.8 Å². The van der Waals surface area contributed by atoms with Gasteiger partial charge in [0, 0.05) is 6.42 Å². The normalized spacial score (nSPS) is 19.1. The highest BCUT2D eigenvalue weighted by atomic mass is 16.6. The van der Waals surface area contributed by atoms with Crippen LogP contribution in [0, 0.1) is 0 Å². The van der Waals surface area contributed by atoms with E-state index in [-0.39, 0.29) is 5.97 Å². The Morgan fingerprint density at radius 2 is 2.06 bits per heavy atom. The van der Waals surface area contributed by atoms with Gasteiger partial charge in [-0.25, -0.2) is 5.01 Å². The second kappa shape index (κ2) is 4.05. The van der Waals surface area contributed by atoms with Gasteiger partial charge >= 0.3 is 5.97 Å². The number of allylic oxidation sites excluding steroid dienone is 1. The monoisotopic (exact) mass is 228 g/mol. The molecule has 4 nitrogen and oxygen atoms in total. The minimum Gasteiger partial charge on any atom is -0.408 e. The first-order chi connectivity index (χ1) is 8.33. The third-order valence-electron chi connectivity index (χ3n) is 2.82. The Labute approximate surface area is 99.2 Å². The van der Waals surface area contributed by atoms with Crippen molar-refractivity contribution in [2.75, 3.05) is 6.54 Å². The smallest absolute Gasteiger partial charge is 0.314 e. The van der Waals surface area contributed by atoms with Gasteiger partial charge in [-0.1, -0.05) is 30.3 Å². The lowest BCUT2D eigenvalue weighted by molar-refractivity contribution is -0.146. The van der Waals surface area contributed by atoms with Gasteiger partial charge in [-0.05, 0) is 11.6 Å². The van der Waals surface area contributed by atoms with Crippen LogP contribution in [-0.4, -0.2) is 23.2 Å². The van der Waals surface area contributed by atoms with Crippen molar-refractivity contribution in [3.05, 3.63) is 47.9 Å². The van der Waals surface area contributed by atoms with Gasteiger partial charge in [-0.2, -0.15) is 5.10 Å². The van der Waals surface area contributed by atoms with E-state index in [2.05, 4.69) is 5.10 Å². The first-order valence-electron chi connectivity index (χ1n) is 5.64. The number of hydrogen-bond donors (Lipinski definition) is 0. The molecule has 0 saturated carbocycles. The van der Waals surface area contributed by atoms with E-state index >= 15 is 0 Å². The number of carbonyl (C=O) groups excluding carboxylic acids is 1. The summed E-state index contributed by atoms with van der Waals surface area (Å²) in [4.78, 5) is 11.1. The molecule has 1 aromatic rings. The second-order valence-corrected chi connectivity index (χ2v) is 4.01. The van der Waals surface area contributed by atoms with E-state index in [1.165, 1.54) is 0 Å². The number of carbonyl (C=O) groups is 1. The molecule has 4 heteroatoms. The molecule has 0 unspecified atom stereocenters. The van der Waals surface area contributed by atoms with Crippen molar-refractivity contribution in [2.24, 2.45) is 5.10 Å². The number of nitrogens with zero attached hydrogens (tertiary/aromatic N) is 2. The number of fused-ring (bicyclic) bond motifs is 1. The molecule has 0 radical (unpaired) electrons. The number of hydrogen-bond acceptors (Lipinski definition) is 4. The van der Waals surface area contributed by atoms with Crippen molar-refractivity contribution < 1.29 is 9.53 Å². The molecule has 0 amide bonds. The lowest BCUT2D eigenvalue weighted by atomic mass is 10.1. The maximum absolute atomic E-state index is 11.1. The van der Waals surface area contributed by atoms with E-state index < -0.39 is 0 Å². The number of ether oxygens (including phenoxy) is 1. The van der Waals surface area contributed by atoms with E-state index in [1.807, 2.05) is 36.4 Å². The Balaban J connectivity index is 1.86. The molecule has 2 aliphatic heterocycles. The summed E-state index contributed by atoms with van der Waals surface area (Å²) in [6.07, 6.45) is 3.00. The Kier molecular flexibility index (Phi) is 2.40. The highest BCUT2D eigenvalue weighted by Crippen LogP contribution is 2.22. The van der Waals surface area contributed by atoms with Crippen LogP contribution in [0.5, 0.6) is 0 Å². The summed E-state index contributed by atoms with van der Waals surface area (Å²) in [5.41, 5.74) is 2.12. The summed E-state index contributed by atoms with van der Waals surface area (Å²) >= 11 is 0. The van der Waals surface area contributed by atoms with Gasteiger partial charge in [0.25, 0.3) is 0 Å². The summed E-state index contributed by atoms with van der Waals surface area (Å²) in [7, 11) is 0. The van der Waals surface area contributed by atoms with Gasteiger partial charge in [0.1, 0.15) is 0 Å². The summed E-state index contributed by atoms with van der Waals surface area (Å²) in [6, 6.07) is 10.0. The Morgan fingerprint density at radius 1 is 1.24 bits per heavy atom. The topological polar surface area (TPSA) is 41.9 Å². The highest BCUT2D eigenvalue weighted by molar-refractivity contribution is 6.01. The number of benzene rings is 1. The molecular formula is C13H12N2O2. The van der Waals surface area contributed by atoms with Gasteiger partial charge in [-0.15, -0.1) is 0 Å². The molecule has 86 valence electrons. The van der Waals surface area contributed by atoms with E-state index in [0.717, 1.165) is 11.3 Å². The molecule has 0 bridgehead atoms. The second-order valence-electron chi connectivity index (χ2n) is 4.01. The summed E-state index contributed by atoms with van der Waals surface area (Å²) in [5.74, 6) is 0.395. The van der Waals surface area contributed by atoms with Crippen LogP contribution in [0.4, 0.5) is 0 Å². The number of hydrazone groups is 1. The number of rotatable bonds is 1. The quantitative estimate of drug-likeness (QED) is 0.689. The minimum absolute atomic E-state index is 0.175. The predicted octanol–water partition coefficient (Wildman–Crippen LogP) is 1.88. The third kappa shape index (κ3) is 1.93. The van der Waals surface area contributed by atoms with Crippen molar-refractivity contribution in [1.29, 1.82) is 0 Å². The van der Waals surface area contributed by atoms with Crippen LogP contribution in [0.15, 0.2) is 47.4 Å². The van der Waals surface area contributed by atoms with E-state index in [0.29, 0.717) is 25.3 Å². The van der Waals surface area contributed by atoms with E-state index in [1.54, 1.807) is 5.01 Å². The highest BCUT2D eigenvalue weighted by Gasteiger charge is 2.25. The van der Waals surface area contributed by atoms with Crippen molar-refractivity contribution in [3.63, 3.8) is 0 Å². The Hall–Kier alpha value is -2.10. The summed E-state index contributed by atoms with van der Waals surface area (Å²) < 4.78 is 5.12. The molecule has 0 aromatic heterocycles. The molecule has 0 spiro atoms. The van der Waals surface area contributed by atoms with Gasteiger partial charge < -0.3 is 4.74 Å². The molecule has 17 heavy (non-hydrogen) atoms. The van der Waals surface area contributed by atoms with Crippen LogP contribution in [-0.2, 0) is 9.53 Å². The van der Waals surface area contributed by atoms with Crippen LogP contribution in [0.2, 0.25) is 0 Å². The molecule has 0 atom stereocenters. The van der Waals surface area contributed by atoms with Crippen molar-refractivity contribution >= 4 is 11.7 Å². The minimum atomic E-state index is -0.175. The zero-order valence-corrected chi connectivity index (χ0v) is 9.30. The van der Waals surface area contributed by atoms with Crippen LogP contribution in [0.25, 0.3) is 0 Å². The summed E-state index contributed by atoms with van der Waals surface area (Å²) in [6.45, 7) is 0.598. The average Bonchev–Trinajstić information content (AvgIpc) is 2.39. The van der Waals surface area contributed by atoms with Gasteiger partial charge in [-0.3, -0.25) is 4.79 Å². The fraction of sp³-hybridized carbons (Fsp3) is 0.231. The van der Waals surface area contributed by atoms with Gasteiger partial charge in [0.2, 0.25) is 5.88 Å².